The van der Waals surface area contributed by atoms with Crippen LogP contribution in [0.3, 0.4) is 0 Å². The minimum atomic E-state index is -0.748. The van der Waals surface area contributed by atoms with Gasteiger partial charge in [0.1, 0.15) is 11.9 Å². The van der Waals surface area contributed by atoms with Crippen LogP contribution in [0.2, 0.25) is 0 Å². The van der Waals surface area contributed by atoms with E-state index in [1.807, 2.05) is 6.26 Å². The Balaban J connectivity index is 2.76. The van der Waals surface area contributed by atoms with Crippen molar-refractivity contribution in [1.29, 1.82) is 0 Å². The number of halogens is 1. The predicted molar refractivity (Wildman–Crippen MR) is 79.3 cm³/mol. The molecule has 0 spiro atoms. The summed E-state index contributed by atoms with van der Waals surface area (Å²) in [5, 5.41) is 5.07. The minimum absolute atomic E-state index is 0.366. The average molecular weight is 299 g/mol. The molecule has 5 nitrogen and oxygen atoms in total. The maximum absolute atomic E-state index is 13.0. The first-order chi connectivity index (χ1) is 9.43. The smallest absolute Gasteiger partial charge is 0.312 e. The second-order valence-electron chi connectivity index (χ2n) is 4.29. The van der Waals surface area contributed by atoms with Gasteiger partial charge in [-0.3, -0.25) is 4.79 Å². The summed E-state index contributed by atoms with van der Waals surface area (Å²) in [5.41, 5.74) is 6.18. The molecule has 1 aromatic carbocycles. The molecule has 0 radical (unpaired) electrons. The molecule has 0 saturated carbocycles. The lowest BCUT2D eigenvalue weighted by atomic mass is 10.1. The second kappa shape index (κ2) is 7.74. The molecule has 1 aromatic rings. The first-order valence-electron chi connectivity index (χ1n) is 6.06. The van der Waals surface area contributed by atoms with Crippen molar-refractivity contribution >= 4 is 29.4 Å². The molecule has 0 fully saturated rings. The first-order valence-corrected chi connectivity index (χ1v) is 7.45. The van der Waals surface area contributed by atoms with E-state index >= 15 is 0 Å². The van der Waals surface area contributed by atoms with E-state index in [0.29, 0.717) is 23.4 Å². The summed E-state index contributed by atoms with van der Waals surface area (Å²) < 4.78 is 13.0. The Morgan fingerprint density at radius 2 is 2.15 bits per heavy atom. The van der Waals surface area contributed by atoms with E-state index in [-0.39, 0.29) is 11.7 Å². The average Bonchev–Trinajstić information content (AvgIpc) is 2.37. The summed E-state index contributed by atoms with van der Waals surface area (Å²) >= 11 is 1.56. The van der Waals surface area contributed by atoms with E-state index < -0.39 is 12.1 Å². The zero-order chi connectivity index (χ0) is 15.1. The van der Waals surface area contributed by atoms with Gasteiger partial charge in [0.15, 0.2) is 0 Å². The van der Waals surface area contributed by atoms with E-state index in [0.717, 1.165) is 0 Å². The van der Waals surface area contributed by atoms with E-state index in [9.17, 15) is 14.0 Å². The molecule has 4 N–H and O–H groups in total. The second-order valence-corrected chi connectivity index (χ2v) is 5.28. The SMILES string of the molecule is CSCCC(NC(N)=O)C(=O)Nc1ccc(F)cc1C. The molecule has 20 heavy (non-hydrogen) atoms. The number of thioether (sulfide) groups is 1. The maximum Gasteiger partial charge on any atom is 0.312 e. The van der Waals surface area contributed by atoms with Crippen LogP contribution in [0.4, 0.5) is 14.9 Å². The Hall–Kier alpha value is -1.76. The van der Waals surface area contributed by atoms with E-state index in [2.05, 4.69) is 10.6 Å². The van der Waals surface area contributed by atoms with Gasteiger partial charge in [-0.15, -0.1) is 0 Å². The molecule has 0 heterocycles. The number of primary amides is 1. The minimum Gasteiger partial charge on any atom is -0.352 e. The van der Waals surface area contributed by atoms with Gasteiger partial charge in [0.05, 0.1) is 0 Å². The van der Waals surface area contributed by atoms with Crippen molar-refractivity contribution in [2.75, 3.05) is 17.3 Å². The number of aryl methyl sites for hydroxylation is 1. The van der Waals surface area contributed by atoms with Crippen LogP contribution in [0, 0.1) is 12.7 Å². The molecular formula is C13H18FN3O2S. The van der Waals surface area contributed by atoms with Crippen LogP contribution in [-0.4, -0.2) is 30.0 Å². The van der Waals surface area contributed by atoms with Gasteiger partial charge in [-0.25, -0.2) is 9.18 Å². The zero-order valence-electron chi connectivity index (χ0n) is 11.4. The summed E-state index contributed by atoms with van der Waals surface area (Å²) in [5.74, 6) is -0.0249. The molecule has 0 aliphatic rings. The predicted octanol–water partition coefficient (Wildman–Crippen LogP) is 1.86. The van der Waals surface area contributed by atoms with Gasteiger partial charge >= 0.3 is 6.03 Å². The molecule has 110 valence electrons. The molecule has 3 amide bonds. The Morgan fingerprint density at radius 3 is 2.70 bits per heavy atom. The molecular weight excluding hydrogens is 281 g/mol. The molecule has 0 aromatic heterocycles. The third-order valence-electron chi connectivity index (χ3n) is 2.69. The Bertz CT molecular complexity index is 497. The fraction of sp³-hybridized carbons (Fsp3) is 0.385. The van der Waals surface area contributed by atoms with Gasteiger partial charge in [0.2, 0.25) is 5.91 Å². The summed E-state index contributed by atoms with van der Waals surface area (Å²) in [6, 6.07) is 2.62. The highest BCUT2D eigenvalue weighted by molar-refractivity contribution is 7.98. The number of hydrogen-bond donors (Lipinski definition) is 3. The van der Waals surface area contributed by atoms with Crippen molar-refractivity contribution < 1.29 is 14.0 Å². The third-order valence-corrected chi connectivity index (χ3v) is 3.33. The molecule has 0 aliphatic heterocycles. The first kappa shape index (κ1) is 16.3. The van der Waals surface area contributed by atoms with Gasteiger partial charge in [-0.05, 0) is 49.1 Å². The standard InChI is InChI=1S/C13H18FN3O2S/c1-8-7-9(14)3-4-10(8)16-12(18)11(5-6-20-2)17-13(15)19/h3-4,7,11H,5-6H2,1-2H3,(H,16,18)(H3,15,17,19). The molecule has 0 aliphatic carbocycles. The van der Waals surface area contributed by atoms with Gasteiger partial charge in [-0.2, -0.15) is 11.8 Å². The topological polar surface area (TPSA) is 84.2 Å². The highest BCUT2D eigenvalue weighted by atomic mass is 32.2. The number of anilines is 1. The van der Waals surface area contributed by atoms with Crippen LogP contribution in [-0.2, 0) is 4.79 Å². The van der Waals surface area contributed by atoms with Crippen molar-refractivity contribution in [1.82, 2.24) is 5.32 Å². The van der Waals surface area contributed by atoms with Crippen molar-refractivity contribution in [2.45, 2.75) is 19.4 Å². The van der Waals surface area contributed by atoms with Crippen LogP contribution in [0.5, 0.6) is 0 Å². The number of carbonyl (C=O) groups excluding carboxylic acids is 2. The molecule has 0 bridgehead atoms. The van der Waals surface area contributed by atoms with Crippen LogP contribution in [0.15, 0.2) is 18.2 Å². The summed E-state index contributed by atoms with van der Waals surface area (Å²) in [6.07, 6.45) is 2.37. The highest BCUT2D eigenvalue weighted by Gasteiger charge is 2.19. The van der Waals surface area contributed by atoms with Gasteiger partial charge in [-0.1, -0.05) is 0 Å². The molecule has 1 rings (SSSR count). The number of nitrogens with one attached hydrogen (secondary N) is 2. The number of hydrogen-bond acceptors (Lipinski definition) is 3. The molecule has 7 heteroatoms. The van der Waals surface area contributed by atoms with Gasteiger partial charge in [0.25, 0.3) is 0 Å². The number of urea groups is 1. The largest absolute Gasteiger partial charge is 0.352 e. The molecule has 1 atom stereocenters. The maximum atomic E-state index is 13.0. The Morgan fingerprint density at radius 1 is 1.45 bits per heavy atom. The fourth-order valence-electron chi connectivity index (χ4n) is 1.66. The number of carbonyl (C=O) groups is 2. The van der Waals surface area contributed by atoms with Crippen molar-refractivity contribution in [3.05, 3.63) is 29.6 Å². The van der Waals surface area contributed by atoms with Crippen LogP contribution >= 0.6 is 11.8 Å². The number of nitrogens with two attached hydrogens (primary N) is 1. The van der Waals surface area contributed by atoms with Crippen LogP contribution in [0.25, 0.3) is 0 Å². The summed E-state index contributed by atoms with van der Waals surface area (Å²) in [4.78, 5) is 23.0. The molecule has 0 saturated heterocycles. The molecule has 1 unspecified atom stereocenters. The van der Waals surface area contributed by atoms with Crippen LogP contribution < -0.4 is 16.4 Å². The van der Waals surface area contributed by atoms with Crippen molar-refractivity contribution in [2.24, 2.45) is 5.73 Å². The summed E-state index contributed by atoms with van der Waals surface area (Å²) in [6.45, 7) is 1.69. The Labute approximate surface area is 121 Å². The number of rotatable bonds is 6. The van der Waals surface area contributed by atoms with Gasteiger partial charge < -0.3 is 16.4 Å². The summed E-state index contributed by atoms with van der Waals surface area (Å²) in [7, 11) is 0. The number of benzene rings is 1. The van der Waals surface area contributed by atoms with E-state index in [1.165, 1.54) is 18.2 Å². The van der Waals surface area contributed by atoms with Crippen molar-refractivity contribution in [3.8, 4) is 0 Å². The fourth-order valence-corrected chi connectivity index (χ4v) is 2.13. The normalized spacial score (nSPS) is 11.8. The van der Waals surface area contributed by atoms with E-state index in [1.54, 1.807) is 18.7 Å². The quantitative estimate of drug-likeness (QED) is 0.749. The lowest BCUT2D eigenvalue weighted by molar-refractivity contribution is -0.117. The zero-order valence-corrected chi connectivity index (χ0v) is 12.2. The third kappa shape index (κ3) is 5.08. The van der Waals surface area contributed by atoms with Gasteiger partial charge in [0, 0.05) is 5.69 Å². The van der Waals surface area contributed by atoms with E-state index in [4.69, 9.17) is 5.73 Å². The van der Waals surface area contributed by atoms with Crippen LogP contribution in [0.1, 0.15) is 12.0 Å². The lowest BCUT2D eigenvalue weighted by Crippen LogP contribution is -2.46. The number of amides is 3. The Kier molecular flexibility index (Phi) is 6.30. The van der Waals surface area contributed by atoms with Crippen molar-refractivity contribution in [3.63, 3.8) is 0 Å². The lowest BCUT2D eigenvalue weighted by Gasteiger charge is -2.17. The highest BCUT2D eigenvalue weighted by Crippen LogP contribution is 2.16. The monoisotopic (exact) mass is 299 g/mol.